The lowest BCUT2D eigenvalue weighted by Gasteiger charge is -2.15. The van der Waals surface area contributed by atoms with Gasteiger partial charge in [-0.2, -0.15) is 0 Å². The summed E-state index contributed by atoms with van der Waals surface area (Å²) in [6.07, 6.45) is 93.2. The Morgan fingerprint density at radius 3 is 0.855 bits per heavy atom. The number of esters is 2. The predicted molar refractivity (Wildman–Crippen MR) is 334 cm³/mol. The Kier molecular flexibility index (Phi) is 63.8. The van der Waals surface area contributed by atoms with Crippen LogP contribution in [-0.2, 0) is 19.1 Å². The van der Waals surface area contributed by atoms with Crippen LogP contribution in [0.2, 0.25) is 0 Å². The van der Waals surface area contributed by atoms with Crippen LogP contribution in [0, 0.1) is 0 Å². The number of hydrogen-bond acceptors (Lipinski definition) is 5. The number of carbonyl (C=O) groups is 2. The zero-order valence-electron chi connectivity index (χ0n) is 50.5. The van der Waals surface area contributed by atoms with Gasteiger partial charge in [0, 0.05) is 12.8 Å². The van der Waals surface area contributed by atoms with E-state index in [1.807, 2.05) is 0 Å². The highest BCUT2D eigenvalue weighted by Crippen LogP contribution is 2.18. The highest BCUT2D eigenvalue weighted by molar-refractivity contribution is 5.70. The second kappa shape index (κ2) is 66.4. The summed E-state index contributed by atoms with van der Waals surface area (Å²) >= 11 is 0. The third-order valence-corrected chi connectivity index (χ3v) is 14.7. The van der Waals surface area contributed by atoms with Crippen molar-refractivity contribution in [2.75, 3.05) is 13.2 Å². The summed E-state index contributed by atoms with van der Waals surface area (Å²) in [5.74, 6) is -0.593. The molecule has 0 fully saturated rings. The molecule has 440 valence electrons. The predicted octanol–water partition coefficient (Wildman–Crippen LogP) is 22.9. The van der Waals surface area contributed by atoms with E-state index in [9.17, 15) is 14.7 Å². The molecular weight excluding hydrogens is 933 g/mol. The first-order valence-electron chi connectivity index (χ1n) is 33.1. The van der Waals surface area contributed by atoms with Crippen LogP contribution in [0.4, 0.5) is 0 Å². The molecule has 5 heteroatoms. The molecule has 0 aromatic heterocycles. The van der Waals surface area contributed by atoms with Crippen molar-refractivity contribution in [1.82, 2.24) is 0 Å². The van der Waals surface area contributed by atoms with Crippen molar-refractivity contribution in [1.29, 1.82) is 0 Å². The second-order valence-corrected chi connectivity index (χ2v) is 22.2. The van der Waals surface area contributed by atoms with E-state index >= 15 is 0 Å². The van der Waals surface area contributed by atoms with Gasteiger partial charge in [-0.25, -0.2) is 0 Å². The number of rotatable bonds is 61. The first-order chi connectivity index (χ1) is 37.6. The highest BCUT2D eigenvalue weighted by atomic mass is 16.6. The monoisotopic (exact) mass is 1060 g/mol. The lowest BCUT2D eigenvalue weighted by atomic mass is 10.0. The first kappa shape index (κ1) is 73.1. The van der Waals surface area contributed by atoms with Crippen molar-refractivity contribution in [3.8, 4) is 0 Å². The van der Waals surface area contributed by atoms with E-state index in [0.29, 0.717) is 12.8 Å². The van der Waals surface area contributed by atoms with Gasteiger partial charge in [-0.3, -0.25) is 9.59 Å². The molecule has 0 heterocycles. The average molecular weight is 1060 g/mol. The van der Waals surface area contributed by atoms with Crippen LogP contribution in [0.25, 0.3) is 0 Å². The Labute approximate surface area is 473 Å². The minimum atomic E-state index is -0.782. The summed E-state index contributed by atoms with van der Waals surface area (Å²) < 4.78 is 10.7. The molecule has 1 unspecified atom stereocenters. The Balaban J connectivity index is 3.42. The summed E-state index contributed by atoms with van der Waals surface area (Å²) in [5, 5.41) is 9.68. The second-order valence-electron chi connectivity index (χ2n) is 22.2. The van der Waals surface area contributed by atoms with Crippen LogP contribution in [0.1, 0.15) is 335 Å². The number of ether oxygens (including phenoxy) is 2. The Hall–Kier alpha value is -2.92. The van der Waals surface area contributed by atoms with Gasteiger partial charge in [0.15, 0.2) is 6.10 Å². The van der Waals surface area contributed by atoms with E-state index in [2.05, 4.69) is 98.9 Å². The van der Waals surface area contributed by atoms with Gasteiger partial charge in [-0.1, -0.05) is 317 Å². The van der Waals surface area contributed by atoms with Gasteiger partial charge < -0.3 is 14.6 Å². The van der Waals surface area contributed by atoms with Crippen molar-refractivity contribution in [2.45, 2.75) is 341 Å². The number of carbonyl (C=O) groups excluding carboxylic acids is 2. The zero-order valence-corrected chi connectivity index (χ0v) is 50.5. The fraction of sp³-hybridized carbons (Fsp3) is 0.775. The number of hydrogen-bond donors (Lipinski definition) is 1. The summed E-state index contributed by atoms with van der Waals surface area (Å²) in [5.41, 5.74) is 0. The number of allylic oxidation sites excluding steroid dienone is 14. The number of aliphatic hydroxyl groups excluding tert-OH is 1. The minimum absolute atomic E-state index is 0.0707. The van der Waals surface area contributed by atoms with Crippen LogP contribution >= 0.6 is 0 Å². The van der Waals surface area contributed by atoms with E-state index in [1.165, 1.54) is 225 Å². The minimum Gasteiger partial charge on any atom is -0.462 e. The quantitative estimate of drug-likeness (QED) is 0.0373. The van der Waals surface area contributed by atoms with Crippen molar-refractivity contribution in [2.24, 2.45) is 0 Å². The molecule has 0 aliphatic carbocycles. The van der Waals surface area contributed by atoms with Crippen molar-refractivity contribution >= 4 is 11.9 Å². The van der Waals surface area contributed by atoms with E-state index in [4.69, 9.17) is 9.47 Å². The molecule has 0 amide bonds. The fourth-order valence-corrected chi connectivity index (χ4v) is 9.73. The lowest BCUT2D eigenvalue weighted by molar-refractivity contribution is -0.161. The molecule has 1 N–H and O–H groups in total. The van der Waals surface area contributed by atoms with Gasteiger partial charge in [-0.15, -0.1) is 0 Å². The Bertz CT molecular complexity index is 1380. The molecule has 0 saturated heterocycles. The summed E-state index contributed by atoms with van der Waals surface area (Å²) in [6.45, 7) is 4.04. The van der Waals surface area contributed by atoms with Gasteiger partial charge in [0.2, 0.25) is 0 Å². The van der Waals surface area contributed by atoms with E-state index < -0.39 is 6.10 Å². The molecule has 0 aromatic carbocycles. The molecule has 1 atom stereocenters. The third-order valence-electron chi connectivity index (χ3n) is 14.7. The molecule has 0 spiro atoms. The van der Waals surface area contributed by atoms with Gasteiger partial charge in [0.05, 0.1) is 6.61 Å². The first-order valence-corrected chi connectivity index (χ1v) is 33.1. The van der Waals surface area contributed by atoms with Gasteiger partial charge >= 0.3 is 11.9 Å². The molecular formula is C71H126O5. The summed E-state index contributed by atoms with van der Waals surface area (Å²) in [7, 11) is 0. The maximum atomic E-state index is 12.3. The molecule has 0 bridgehead atoms. The Morgan fingerprint density at radius 1 is 0.316 bits per heavy atom. The third kappa shape index (κ3) is 63.6. The standard InChI is InChI=1S/C71H126O5/c1-3-5-7-9-11-13-15-17-19-21-23-25-27-28-29-30-31-32-33-34-35-36-37-38-39-40-41-42-44-45-47-49-51-53-55-57-59-61-63-65-70(73)75-68-69(67-72)76-71(74)66-64-62-60-58-56-54-52-50-48-46-43-26-24-22-20-18-16-14-12-10-8-6-4-2/h6,8,12,14-15,17-18,20-21,23-24,26,46,48,69,72H,3-5,7,9-11,13,16,19,22,25,27-45,47,49-68H2,1-2H3/b8-6-,14-12-,17-15-,20-18-,23-21-,26-24-,48-46-. The lowest BCUT2D eigenvalue weighted by Crippen LogP contribution is -2.28. The number of aliphatic hydroxyl groups is 1. The molecule has 76 heavy (non-hydrogen) atoms. The van der Waals surface area contributed by atoms with E-state index in [-0.39, 0.29) is 25.2 Å². The summed E-state index contributed by atoms with van der Waals surface area (Å²) in [4.78, 5) is 24.6. The number of unbranched alkanes of at least 4 members (excludes halogenated alkanes) is 39. The molecule has 0 saturated carbocycles. The molecule has 0 rings (SSSR count). The average Bonchev–Trinajstić information content (AvgIpc) is 3.42. The maximum Gasteiger partial charge on any atom is 0.306 e. The van der Waals surface area contributed by atoms with Crippen LogP contribution < -0.4 is 0 Å². The van der Waals surface area contributed by atoms with Crippen LogP contribution in [-0.4, -0.2) is 36.4 Å². The van der Waals surface area contributed by atoms with Crippen LogP contribution in [0.5, 0.6) is 0 Å². The van der Waals surface area contributed by atoms with Crippen LogP contribution in [0.15, 0.2) is 85.1 Å². The molecule has 0 aliphatic heterocycles. The molecule has 0 radical (unpaired) electrons. The normalized spacial score (nSPS) is 12.7. The molecule has 0 aromatic rings. The van der Waals surface area contributed by atoms with E-state index in [1.54, 1.807) is 0 Å². The highest BCUT2D eigenvalue weighted by Gasteiger charge is 2.16. The topological polar surface area (TPSA) is 72.8 Å². The van der Waals surface area contributed by atoms with Crippen LogP contribution in [0.3, 0.4) is 0 Å². The van der Waals surface area contributed by atoms with Gasteiger partial charge in [0.25, 0.3) is 0 Å². The Morgan fingerprint density at radius 2 is 0.566 bits per heavy atom. The SMILES string of the molecule is CC/C=C\C/C=C\C/C=C\C/C=C\C/C=C\CCCCCCCCCC(=O)OC(CO)COC(=O)CCCCCCCCCCCCCCCCCCCCCCCCCCCCC/C=C\C/C=C\CCCCCCC. The van der Waals surface area contributed by atoms with Crippen molar-refractivity contribution < 1.29 is 24.2 Å². The fourth-order valence-electron chi connectivity index (χ4n) is 9.73. The largest absolute Gasteiger partial charge is 0.462 e. The molecule has 0 aliphatic rings. The van der Waals surface area contributed by atoms with Crippen molar-refractivity contribution in [3.05, 3.63) is 85.1 Å². The van der Waals surface area contributed by atoms with E-state index in [0.717, 1.165) is 83.5 Å². The van der Waals surface area contributed by atoms with Gasteiger partial charge in [-0.05, 0) is 89.9 Å². The smallest absolute Gasteiger partial charge is 0.306 e. The zero-order chi connectivity index (χ0) is 54.8. The van der Waals surface area contributed by atoms with Crippen molar-refractivity contribution in [3.63, 3.8) is 0 Å². The molecule has 5 nitrogen and oxygen atoms in total. The maximum absolute atomic E-state index is 12.3. The van der Waals surface area contributed by atoms with Gasteiger partial charge in [0.1, 0.15) is 6.61 Å². The summed E-state index contributed by atoms with van der Waals surface area (Å²) in [6, 6.07) is 0.